The summed E-state index contributed by atoms with van der Waals surface area (Å²) in [5.41, 5.74) is 3.78. The quantitative estimate of drug-likeness (QED) is 0.603. The number of aryl methyl sites for hydroxylation is 1. The predicted molar refractivity (Wildman–Crippen MR) is 120 cm³/mol. The molecular formula is C24H24ClFN4O2. The molecule has 1 fully saturated rings. The number of benzene rings is 2. The second-order valence-corrected chi connectivity index (χ2v) is 8.62. The molecule has 1 amide bonds. The Morgan fingerprint density at radius 2 is 2.00 bits per heavy atom. The first kappa shape index (κ1) is 21.0. The summed E-state index contributed by atoms with van der Waals surface area (Å²) >= 11 is 6.82. The molecule has 2 aromatic carbocycles. The van der Waals surface area contributed by atoms with Gasteiger partial charge in [-0.1, -0.05) is 35.9 Å². The number of hydrogen-bond acceptors (Lipinski definition) is 4. The van der Waals surface area contributed by atoms with Crippen LogP contribution in [0.2, 0.25) is 5.15 Å². The van der Waals surface area contributed by atoms with Crippen molar-refractivity contribution in [3.63, 3.8) is 0 Å². The molecule has 1 aromatic heterocycles. The molecule has 2 atom stereocenters. The van der Waals surface area contributed by atoms with Crippen LogP contribution in [0, 0.1) is 12.7 Å². The zero-order chi connectivity index (χ0) is 22.2. The number of fused-ring (bicyclic) bond motifs is 1. The van der Waals surface area contributed by atoms with E-state index in [9.17, 15) is 9.18 Å². The van der Waals surface area contributed by atoms with Gasteiger partial charge < -0.3 is 15.0 Å². The van der Waals surface area contributed by atoms with Gasteiger partial charge in [-0.2, -0.15) is 5.10 Å². The molecule has 2 aliphatic heterocycles. The molecule has 0 radical (unpaired) electrons. The number of ether oxygens (including phenoxy) is 1. The number of hydrogen-bond donors (Lipinski definition) is 1. The first-order valence-corrected chi connectivity index (χ1v) is 11.1. The molecule has 32 heavy (non-hydrogen) atoms. The third-order valence-electron chi connectivity index (χ3n) is 6.07. The lowest BCUT2D eigenvalue weighted by atomic mass is 10.0. The maximum absolute atomic E-state index is 13.5. The average Bonchev–Trinajstić information content (AvgIpc) is 3.40. The maximum atomic E-state index is 13.5. The SMILES string of the molecule is Cc1nn(Cc2ccc(F)cc2)c(Cl)c1C1Nc2ccccc2C(=O)N1CC1CCCO1. The Morgan fingerprint density at radius 3 is 2.75 bits per heavy atom. The Labute approximate surface area is 190 Å². The largest absolute Gasteiger partial charge is 0.376 e. The summed E-state index contributed by atoms with van der Waals surface area (Å²) in [5, 5.41) is 8.58. The van der Waals surface area contributed by atoms with E-state index in [2.05, 4.69) is 10.4 Å². The summed E-state index contributed by atoms with van der Waals surface area (Å²) < 4.78 is 20.8. The number of nitrogens with one attached hydrogen (secondary N) is 1. The standard InChI is InChI=1S/C24H24ClFN4O2/c1-15-21(22(25)30(28-15)13-16-8-10-17(26)11-9-16)23-27-20-7-3-2-6-19(20)24(31)29(23)14-18-5-4-12-32-18/h2-3,6-11,18,23,27H,4-5,12-14H2,1H3. The predicted octanol–water partition coefficient (Wildman–Crippen LogP) is 4.78. The van der Waals surface area contributed by atoms with Gasteiger partial charge in [-0.05, 0) is 49.6 Å². The van der Waals surface area contributed by atoms with Crippen molar-refractivity contribution in [2.24, 2.45) is 0 Å². The number of nitrogens with zero attached hydrogens (tertiary/aromatic N) is 3. The summed E-state index contributed by atoms with van der Waals surface area (Å²) in [6, 6.07) is 13.8. The highest BCUT2D eigenvalue weighted by Gasteiger charge is 2.38. The molecule has 0 bridgehead atoms. The second kappa shape index (κ2) is 8.56. The lowest BCUT2D eigenvalue weighted by Gasteiger charge is -2.39. The number of para-hydroxylation sites is 1. The van der Waals surface area contributed by atoms with Gasteiger partial charge in [-0.15, -0.1) is 0 Å². The fraction of sp³-hybridized carbons (Fsp3) is 0.333. The normalized spacial score (nSPS) is 20.3. The molecule has 166 valence electrons. The molecular weight excluding hydrogens is 431 g/mol. The topological polar surface area (TPSA) is 59.4 Å². The van der Waals surface area contributed by atoms with Crippen molar-refractivity contribution in [1.29, 1.82) is 0 Å². The molecule has 3 heterocycles. The minimum atomic E-state index is -0.462. The Balaban J connectivity index is 1.51. The molecule has 3 aromatic rings. The molecule has 0 saturated carbocycles. The highest BCUT2D eigenvalue weighted by atomic mass is 35.5. The van der Waals surface area contributed by atoms with E-state index in [-0.39, 0.29) is 17.8 Å². The zero-order valence-corrected chi connectivity index (χ0v) is 18.5. The van der Waals surface area contributed by atoms with Crippen LogP contribution in [0.4, 0.5) is 10.1 Å². The average molecular weight is 455 g/mol. The van der Waals surface area contributed by atoms with Gasteiger partial charge in [0, 0.05) is 18.8 Å². The third kappa shape index (κ3) is 3.87. The summed E-state index contributed by atoms with van der Waals surface area (Å²) in [5.74, 6) is -0.341. The number of halogens is 2. The van der Waals surface area contributed by atoms with Crippen LogP contribution in [-0.4, -0.2) is 39.8 Å². The van der Waals surface area contributed by atoms with E-state index in [0.29, 0.717) is 23.8 Å². The molecule has 6 nitrogen and oxygen atoms in total. The molecule has 2 aliphatic rings. The lowest BCUT2D eigenvalue weighted by molar-refractivity contribution is 0.0426. The van der Waals surface area contributed by atoms with Gasteiger partial charge in [-0.25, -0.2) is 9.07 Å². The number of aromatic nitrogens is 2. The summed E-state index contributed by atoms with van der Waals surface area (Å²) in [6.07, 6.45) is 1.46. The molecule has 8 heteroatoms. The van der Waals surface area contributed by atoms with E-state index in [1.165, 1.54) is 12.1 Å². The van der Waals surface area contributed by atoms with E-state index >= 15 is 0 Å². The number of rotatable bonds is 5. The number of carbonyl (C=O) groups excluding carboxylic acids is 1. The van der Waals surface area contributed by atoms with Crippen molar-refractivity contribution in [2.75, 3.05) is 18.5 Å². The van der Waals surface area contributed by atoms with Crippen molar-refractivity contribution >= 4 is 23.2 Å². The first-order chi connectivity index (χ1) is 15.5. The van der Waals surface area contributed by atoms with Crippen LogP contribution >= 0.6 is 11.6 Å². The minimum absolute atomic E-state index is 0.00172. The monoisotopic (exact) mass is 454 g/mol. The van der Waals surface area contributed by atoms with Crippen LogP contribution in [-0.2, 0) is 11.3 Å². The van der Waals surface area contributed by atoms with Crippen LogP contribution in [0.5, 0.6) is 0 Å². The molecule has 0 spiro atoms. The van der Waals surface area contributed by atoms with E-state index in [4.69, 9.17) is 16.3 Å². The fourth-order valence-corrected chi connectivity index (χ4v) is 4.80. The highest BCUT2D eigenvalue weighted by Crippen LogP contribution is 2.38. The van der Waals surface area contributed by atoms with E-state index in [1.807, 2.05) is 31.2 Å². The molecule has 1 saturated heterocycles. The van der Waals surface area contributed by atoms with Gasteiger partial charge in [0.1, 0.15) is 17.1 Å². The van der Waals surface area contributed by atoms with Crippen LogP contribution in [0.25, 0.3) is 0 Å². The van der Waals surface area contributed by atoms with Crippen molar-refractivity contribution in [1.82, 2.24) is 14.7 Å². The van der Waals surface area contributed by atoms with E-state index in [1.54, 1.807) is 21.7 Å². The third-order valence-corrected chi connectivity index (χ3v) is 6.47. The molecule has 5 rings (SSSR count). The van der Waals surface area contributed by atoms with E-state index in [0.717, 1.165) is 42.0 Å². The van der Waals surface area contributed by atoms with Gasteiger partial charge in [-0.3, -0.25) is 4.79 Å². The van der Waals surface area contributed by atoms with Gasteiger partial charge in [0.25, 0.3) is 5.91 Å². The molecule has 1 N–H and O–H groups in total. The fourth-order valence-electron chi connectivity index (χ4n) is 4.46. The highest BCUT2D eigenvalue weighted by molar-refractivity contribution is 6.30. The molecule has 0 aliphatic carbocycles. The number of carbonyl (C=O) groups is 1. The summed E-state index contributed by atoms with van der Waals surface area (Å²) in [7, 11) is 0. The van der Waals surface area contributed by atoms with Crippen molar-refractivity contribution in [3.8, 4) is 0 Å². The van der Waals surface area contributed by atoms with Crippen LogP contribution in [0.1, 0.15) is 46.2 Å². The first-order valence-electron chi connectivity index (χ1n) is 10.8. The minimum Gasteiger partial charge on any atom is -0.376 e. The lowest BCUT2D eigenvalue weighted by Crippen LogP contribution is -2.46. The van der Waals surface area contributed by atoms with Crippen LogP contribution in [0.15, 0.2) is 48.5 Å². The second-order valence-electron chi connectivity index (χ2n) is 8.26. The van der Waals surface area contributed by atoms with Gasteiger partial charge in [0.05, 0.1) is 29.5 Å². The molecule has 2 unspecified atom stereocenters. The summed E-state index contributed by atoms with van der Waals surface area (Å²) in [6.45, 7) is 3.49. The zero-order valence-electron chi connectivity index (χ0n) is 17.7. The Morgan fingerprint density at radius 1 is 1.22 bits per heavy atom. The van der Waals surface area contributed by atoms with Crippen molar-refractivity contribution in [3.05, 3.63) is 81.9 Å². The van der Waals surface area contributed by atoms with Crippen LogP contribution < -0.4 is 5.32 Å². The Hall–Kier alpha value is -2.90. The number of anilines is 1. The number of amides is 1. The Bertz CT molecular complexity index is 1140. The van der Waals surface area contributed by atoms with E-state index < -0.39 is 6.17 Å². The van der Waals surface area contributed by atoms with Crippen LogP contribution in [0.3, 0.4) is 0 Å². The van der Waals surface area contributed by atoms with Gasteiger partial charge >= 0.3 is 0 Å². The van der Waals surface area contributed by atoms with Crippen molar-refractivity contribution in [2.45, 2.75) is 38.6 Å². The smallest absolute Gasteiger partial charge is 0.257 e. The summed E-state index contributed by atoms with van der Waals surface area (Å²) in [4.78, 5) is 15.3. The maximum Gasteiger partial charge on any atom is 0.257 e. The Kier molecular flexibility index (Phi) is 5.61. The van der Waals surface area contributed by atoms with Gasteiger partial charge in [0.2, 0.25) is 0 Å². The van der Waals surface area contributed by atoms with Crippen molar-refractivity contribution < 1.29 is 13.9 Å². The van der Waals surface area contributed by atoms with Gasteiger partial charge in [0.15, 0.2) is 0 Å².